The average molecular weight is 317 g/mol. The second kappa shape index (κ2) is 5.73. The lowest BCUT2D eigenvalue weighted by atomic mass is 9.79. The van der Waals surface area contributed by atoms with Crippen LogP contribution in [0.5, 0.6) is 0 Å². The second-order valence-electron chi connectivity index (χ2n) is 6.21. The first-order valence-electron chi connectivity index (χ1n) is 7.25. The highest BCUT2D eigenvalue weighted by Gasteiger charge is 2.36. The van der Waals surface area contributed by atoms with Crippen LogP contribution in [0.1, 0.15) is 29.9 Å². The molecule has 0 radical (unpaired) electrons. The summed E-state index contributed by atoms with van der Waals surface area (Å²) in [6.45, 7) is 5.57. The minimum atomic E-state index is -0.0655. The summed E-state index contributed by atoms with van der Waals surface area (Å²) in [5.74, 6) is 0.562. The van der Waals surface area contributed by atoms with Crippen molar-refractivity contribution in [2.24, 2.45) is 11.1 Å². The van der Waals surface area contributed by atoms with Crippen LogP contribution in [-0.4, -0.2) is 44.9 Å². The Kier molecular flexibility index (Phi) is 3.92. The highest BCUT2D eigenvalue weighted by atomic mass is 32.1. The van der Waals surface area contributed by atoms with Crippen LogP contribution in [0.4, 0.5) is 0 Å². The number of nitrogens with two attached hydrogens (primary N) is 1. The van der Waals surface area contributed by atoms with Gasteiger partial charge in [0.15, 0.2) is 10.8 Å². The maximum Gasteiger partial charge on any atom is 0.265 e. The van der Waals surface area contributed by atoms with Gasteiger partial charge in [-0.25, -0.2) is 15.0 Å². The summed E-state index contributed by atoms with van der Waals surface area (Å²) in [7, 11) is 0. The maximum atomic E-state index is 12.7. The molecule has 6 nitrogen and oxygen atoms in total. The van der Waals surface area contributed by atoms with Gasteiger partial charge in [0.2, 0.25) is 0 Å². The van der Waals surface area contributed by atoms with Crippen molar-refractivity contribution in [1.82, 2.24) is 19.9 Å². The van der Waals surface area contributed by atoms with Gasteiger partial charge < -0.3 is 10.6 Å². The summed E-state index contributed by atoms with van der Waals surface area (Å²) in [4.78, 5) is 27.7. The van der Waals surface area contributed by atoms with E-state index in [1.165, 1.54) is 11.3 Å². The number of likely N-dealkylation sites (tertiary alicyclic amines) is 1. The molecule has 116 valence electrons. The summed E-state index contributed by atoms with van der Waals surface area (Å²) in [5, 5.41) is 0.664. The van der Waals surface area contributed by atoms with Gasteiger partial charge in [-0.2, -0.15) is 0 Å². The fourth-order valence-corrected chi connectivity index (χ4v) is 3.42. The smallest absolute Gasteiger partial charge is 0.265 e. The average Bonchev–Trinajstić information content (AvgIpc) is 3.00. The summed E-state index contributed by atoms with van der Waals surface area (Å²) >= 11 is 1.33. The standard InChI is InChI=1S/C15H19N5OS/c1-15(2)9-20(7-4-11(15)16)14(21)10-8-19-13(22-10)12-17-5-3-6-18-12/h3,5-6,8,11H,4,7,9,16H2,1-2H3. The molecule has 2 aromatic heterocycles. The second-order valence-corrected chi connectivity index (χ2v) is 7.24. The molecule has 1 aliphatic heterocycles. The largest absolute Gasteiger partial charge is 0.337 e. The normalized spacial score (nSPS) is 20.9. The van der Waals surface area contributed by atoms with Crippen LogP contribution >= 0.6 is 11.3 Å². The molecule has 0 bridgehead atoms. The van der Waals surface area contributed by atoms with Gasteiger partial charge in [-0.15, -0.1) is 11.3 Å². The number of piperidine rings is 1. The van der Waals surface area contributed by atoms with E-state index in [4.69, 9.17) is 5.73 Å². The Balaban J connectivity index is 1.78. The summed E-state index contributed by atoms with van der Waals surface area (Å²) < 4.78 is 0. The van der Waals surface area contributed by atoms with Crippen LogP contribution < -0.4 is 5.73 Å². The molecule has 0 aromatic carbocycles. The number of hydrogen-bond acceptors (Lipinski definition) is 6. The van der Waals surface area contributed by atoms with Crippen LogP contribution in [0, 0.1) is 5.41 Å². The Hall–Kier alpha value is -1.86. The van der Waals surface area contributed by atoms with Gasteiger partial charge in [0, 0.05) is 31.5 Å². The third-order valence-corrected chi connectivity index (χ3v) is 5.05. The first-order chi connectivity index (χ1) is 10.5. The third kappa shape index (κ3) is 2.86. The molecule has 1 unspecified atom stereocenters. The molecule has 1 fully saturated rings. The van der Waals surface area contributed by atoms with E-state index in [0.717, 1.165) is 6.42 Å². The molecule has 1 amide bonds. The molecular formula is C15H19N5OS. The van der Waals surface area contributed by atoms with Gasteiger partial charge in [-0.05, 0) is 17.9 Å². The van der Waals surface area contributed by atoms with E-state index in [1.54, 1.807) is 24.7 Å². The molecular weight excluding hydrogens is 298 g/mol. The fourth-order valence-electron chi connectivity index (χ4n) is 2.59. The molecule has 2 N–H and O–H groups in total. The van der Waals surface area contributed by atoms with Crippen LogP contribution in [-0.2, 0) is 0 Å². The quantitative estimate of drug-likeness (QED) is 0.913. The van der Waals surface area contributed by atoms with E-state index >= 15 is 0 Å². The molecule has 3 heterocycles. The fraction of sp³-hybridized carbons (Fsp3) is 0.467. The van der Waals surface area contributed by atoms with Crippen LogP contribution in [0.25, 0.3) is 10.8 Å². The molecule has 0 aliphatic carbocycles. The Morgan fingerprint density at radius 2 is 2.09 bits per heavy atom. The first kappa shape index (κ1) is 15.1. The molecule has 7 heteroatoms. The number of amides is 1. The summed E-state index contributed by atoms with van der Waals surface area (Å²) in [5.41, 5.74) is 6.06. The summed E-state index contributed by atoms with van der Waals surface area (Å²) in [6.07, 6.45) is 5.77. The van der Waals surface area contributed by atoms with Crippen molar-refractivity contribution in [3.8, 4) is 10.8 Å². The van der Waals surface area contributed by atoms with Crippen molar-refractivity contribution >= 4 is 17.2 Å². The first-order valence-corrected chi connectivity index (χ1v) is 8.07. The number of hydrogen-bond donors (Lipinski definition) is 1. The van der Waals surface area contributed by atoms with E-state index in [-0.39, 0.29) is 17.4 Å². The number of rotatable bonds is 2. The van der Waals surface area contributed by atoms with Crippen molar-refractivity contribution in [2.75, 3.05) is 13.1 Å². The van der Waals surface area contributed by atoms with Crippen molar-refractivity contribution in [3.05, 3.63) is 29.5 Å². The van der Waals surface area contributed by atoms with E-state index < -0.39 is 0 Å². The Morgan fingerprint density at radius 1 is 1.36 bits per heavy atom. The van der Waals surface area contributed by atoms with Gasteiger partial charge >= 0.3 is 0 Å². The van der Waals surface area contributed by atoms with Gasteiger partial charge in [0.05, 0.1) is 6.20 Å². The number of aromatic nitrogens is 3. The number of carbonyl (C=O) groups is 1. The lowest BCUT2D eigenvalue weighted by Gasteiger charge is -2.42. The molecule has 1 saturated heterocycles. The van der Waals surface area contributed by atoms with E-state index in [0.29, 0.717) is 28.8 Å². The predicted molar refractivity (Wildman–Crippen MR) is 85.4 cm³/mol. The van der Waals surface area contributed by atoms with Crippen molar-refractivity contribution < 1.29 is 4.79 Å². The minimum absolute atomic E-state index is 0.0136. The SMILES string of the molecule is CC1(C)CN(C(=O)c2cnc(-c3ncccn3)s2)CCC1N. The number of carbonyl (C=O) groups excluding carboxylic acids is 1. The van der Waals surface area contributed by atoms with Crippen LogP contribution in [0.2, 0.25) is 0 Å². The zero-order valence-electron chi connectivity index (χ0n) is 12.7. The van der Waals surface area contributed by atoms with Gasteiger partial charge in [-0.3, -0.25) is 4.79 Å². The van der Waals surface area contributed by atoms with Crippen molar-refractivity contribution in [1.29, 1.82) is 0 Å². The highest BCUT2D eigenvalue weighted by molar-refractivity contribution is 7.16. The van der Waals surface area contributed by atoms with E-state index in [1.807, 2.05) is 4.90 Å². The Bertz CT molecular complexity index is 670. The van der Waals surface area contributed by atoms with Gasteiger partial charge in [0.25, 0.3) is 5.91 Å². The van der Waals surface area contributed by atoms with Crippen LogP contribution in [0.15, 0.2) is 24.7 Å². The highest BCUT2D eigenvalue weighted by Crippen LogP contribution is 2.30. The number of thiazole rings is 1. The Labute approximate surface area is 133 Å². The molecule has 0 spiro atoms. The van der Waals surface area contributed by atoms with E-state index in [9.17, 15) is 4.79 Å². The number of nitrogens with zero attached hydrogens (tertiary/aromatic N) is 4. The molecule has 2 aromatic rings. The molecule has 1 atom stereocenters. The van der Waals surface area contributed by atoms with Crippen molar-refractivity contribution in [2.45, 2.75) is 26.3 Å². The van der Waals surface area contributed by atoms with Gasteiger partial charge in [0.1, 0.15) is 4.88 Å². The molecule has 22 heavy (non-hydrogen) atoms. The summed E-state index contributed by atoms with van der Waals surface area (Å²) in [6, 6.07) is 1.88. The zero-order chi connectivity index (χ0) is 15.7. The molecule has 1 aliphatic rings. The van der Waals surface area contributed by atoms with Gasteiger partial charge in [-0.1, -0.05) is 13.8 Å². The molecule has 3 rings (SSSR count). The zero-order valence-corrected chi connectivity index (χ0v) is 13.5. The monoisotopic (exact) mass is 317 g/mol. The molecule has 0 saturated carbocycles. The minimum Gasteiger partial charge on any atom is -0.337 e. The predicted octanol–water partition coefficient (Wildman–Crippen LogP) is 1.80. The van der Waals surface area contributed by atoms with E-state index in [2.05, 4.69) is 28.8 Å². The maximum absolute atomic E-state index is 12.7. The van der Waals surface area contributed by atoms with Crippen molar-refractivity contribution in [3.63, 3.8) is 0 Å². The van der Waals surface area contributed by atoms with Crippen LogP contribution in [0.3, 0.4) is 0 Å². The Morgan fingerprint density at radius 3 is 2.77 bits per heavy atom. The topological polar surface area (TPSA) is 85.0 Å². The third-order valence-electron chi connectivity index (χ3n) is 4.07. The lowest BCUT2D eigenvalue weighted by Crippen LogP contribution is -2.53. The lowest BCUT2D eigenvalue weighted by molar-refractivity contribution is 0.0537.